The largest absolute Gasteiger partial charge is 0.375 e. The van der Waals surface area contributed by atoms with Crippen LogP contribution >= 0.6 is 0 Å². The zero-order valence-electron chi connectivity index (χ0n) is 14.8. The van der Waals surface area contributed by atoms with Gasteiger partial charge in [0.2, 0.25) is 0 Å². The summed E-state index contributed by atoms with van der Waals surface area (Å²) in [5.74, 6) is 0.752. The first-order chi connectivity index (χ1) is 9.52. The molecule has 0 amide bonds. The molecule has 0 aromatic heterocycles. The molecule has 0 saturated carbocycles. The number of hydrogen-bond donors (Lipinski definition) is 0. The highest BCUT2D eigenvalue weighted by Gasteiger charge is 2.48. The predicted molar refractivity (Wildman–Crippen MR) is 89.1 cm³/mol. The third-order valence-corrected chi connectivity index (χ3v) is 5.47. The molecule has 1 fully saturated rings. The van der Waals surface area contributed by atoms with E-state index in [2.05, 4.69) is 34.6 Å². The van der Waals surface area contributed by atoms with Crippen LogP contribution in [0.4, 0.5) is 0 Å². The summed E-state index contributed by atoms with van der Waals surface area (Å²) >= 11 is 0. The molecule has 20 heavy (non-hydrogen) atoms. The van der Waals surface area contributed by atoms with Gasteiger partial charge >= 0.3 is 0 Å². The van der Waals surface area contributed by atoms with Crippen molar-refractivity contribution in [3.8, 4) is 0 Å². The number of rotatable bonds is 9. The lowest BCUT2D eigenvalue weighted by atomic mass is 9.61. The van der Waals surface area contributed by atoms with Gasteiger partial charge in [0.1, 0.15) is 0 Å². The van der Waals surface area contributed by atoms with Crippen molar-refractivity contribution < 1.29 is 4.74 Å². The number of ether oxygens (including phenoxy) is 1. The van der Waals surface area contributed by atoms with Crippen molar-refractivity contribution in [2.75, 3.05) is 6.61 Å². The Morgan fingerprint density at radius 3 is 1.95 bits per heavy atom. The molecule has 0 aromatic rings. The second-order valence-electron chi connectivity index (χ2n) is 7.55. The van der Waals surface area contributed by atoms with Gasteiger partial charge in [0.05, 0.1) is 5.60 Å². The molecule has 1 heteroatoms. The van der Waals surface area contributed by atoms with Crippen LogP contribution in [0.25, 0.3) is 0 Å². The minimum absolute atomic E-state index is 0.183. The highest BCUT2D eigenvalue weighted by Crippen LogP contribution is 2.50. The Balaban J connectivity index is 2.92. The normalized spacial score (nSPS) is 24.8. The topological polar surface area (TPSA) is 9.23 Å². The Morgan fingerprint density at radius 1 is 0.900 bits per heavy atom. The molecule has 0 spiro atoms. The van der Waals surface area contributed by atoms with Crippen molar-refractivity contribution >= 4 is 0 Å². The van der Waals surface area contributed by atoms with Gasteiger partial charge in [-0.2, -0.15) is 0 Å². The van der Waals surface area contributed by atoms with Crippen LogP contribution in [-0.4, -0.2) is 12.2 Å². The Morgan fingerprint density at radius 2 is 1.45 bits per heavy atom. The van der Waals surface area contributed by atoms with Gasteiger partial charge in [-0.3, -0.25) is 0 Å². The van der Waals surface area contributed by atoms with E-state index in [-0.39, 0.29) is 5.60 Å². The second-order valence-corrected chi connectivity index (χ2v) is 7.55. The average Bonchev–Trinajstić information content (AvgIpc) is 2.41. The fourth-order valence-electron chi connectivity index (χ4n) is 4.14. The van der Waals surface area contributed by atoms with E-state index in [9.17, 15) is 0 Å². The van der Waals surface area contributed by atoms with Gasteiger partial charge in [-0.05, 0) is 37.0 Å². The summed E-state index contributed by atoms with van der Waals surface area (Å²) in [7, 11) is 0. The van der Waals surface area contributed by atoms with E-state index in [0.29, 0.717) is 5.41 Å². The van der Waals surface area contributed by atoms with Gasteiger partial charge in [-0.25, -0.2) is 0 Å². The fourth-order valence-corrected chi connectivity index (χ4v) is 4.14. The lowest BCUT2D eigenvalue weighted by Gasteiger charge is -2.53. The summed E-state index contributed by atoms with van der Waals surface area (Å²) in [5.41, 5.74) is 0.637. The molecule has 120 valence electrons. The van der Waals surface area contributed by atoms with Gasteiger partial charge in [0, 0.05) is 6.61 Å². The monoisotopic (exact) mass is 282 g/mol. The Labute approximate surface area is 127 Å². The minimum Gasteiger partial charge on any atom is -0.375 e. The van der Waals surface area contributed by atoms with Crippen molar-refractivity contribution in [3.63, 3.8) is 0 Å². The van der Waals surface area contributed by atoms with Crippen LogP contribution in [-0.2, 0) is 4.74 Å². The number of hydrogen-bond acceptors (Lipinski definition) is 1. The summed E-state index contributed by atoms with van der Waals surface area (Å²) in [5, 5.41) is 0. The second kappa shape index (κ2) is 8.41. The third-order valence-electron chi connectivity index (χ3n) is 5.47. The van der Waals surface area contributed by atoms with E-state index >= 15 is 0 Å². The van der Waals surface area contributed by atoms with Gasteiger partial charge in [-0.1, -0.05) is 73.1 Å². The summed E-state index contributed by atoms with van der Waals surface area (Å²) in [6.45, 7) is 12.9. The highest BCUT2D eigenvalue weighted by atomic mass is 16.5. The summed E-state index contributed by atoms with van der Waals surface area (Å²) in [6, 6.07) is 0. The van der Waals surface area contributed by atoms with E-state index in [4.69, 9.17) is 4.74 Å². The SMILES string of the molecule is CCCCC1C(C)(C)CCOC1(CCCC)CCCC. The fraction of sp³-hybridized carbons (Fsp3) is 1.00. The smallest absolute Gasteiger partial charge is 0.0715 e. The first kappa shape index (κ1) is 18.0. The molecule has 0 bridgehead atoms. The molecular weight excluding hydrogens is 244 g/mol. The summed E-state index contributed by atoms with van der Waals surface area (Å²) in [4.78, 5) is 0. The van der Waals surface area contributed by atoms with Crippen LogP contribution in [0.3, 0.4) is 0 Å². The Hall–Kier alpha value is -0.0400. The lowest BCUT2D eigenvalue weighted by molar-refractivity contribution is -0.179. The lowest BCUT2D eigenvalue weighted by Crippen LogP contribution is -2.52. The van der Waals surface area contributed by atoms with Gasteiger partial charge < -0.3 is 4.74 Å². The summed E-state index contributed by atoms with van der Waals surface area (Å²) in [6.07, 6.45) is 13.0. The van der Waals surface area contributed by atoms with Crippen molar-refractivity contribution in [3.05, 3.63) is 0 Å². The molecule has 1 aliphatic rings. The standard InChI is InChI=1S/C19H38O/c1-6-9-12-17-18(4,5)15-16-20-19(17,13-10-7-2)14-11-8-3/h17H,6-16H2,1-5H3. The molecule has 0 aromatic carbocycles. The third kappa shape index (κ3) is 4.48. The van der Waals surface area contributed by atoms with Crippen LogP contribution in [0.5, 0.6) is 0 Å². The van der Waals surface area contributed by atoms with Crippen molar-refractivity contribution in [2.24, 2.45) is 11.3 Å². The van der Waals surface area contributed by atoms with E-state index in [1.54, 1.807) is 0 Å². The molecule has 1 heterocycles. The van der Waals surface area contributed by atoms with Crippen LogP contribution < -0.4 is 0 Å². The summed E-state index contributed by atoms with van der Waals surface area (Å²) < 4.78 is 6.52. The Kier molecular flexibility index (Phi) is 7.58. The molecule has 1 atom stereocenters. The van der Waals surface area contributed by atoms with Crippen LogP contribution in [0.1, 0.15) is 98.8 Å². The average molecular weight is 283 g/mol. The molecule has 1 unspecified atom stereocenters. The maximum absolute atomic E-state index is 6.52. The zero-order chi connectivity index (χ0) is 15.1. The molecule has 1 rings (SSSR count). The molecule has 0 N–H and O–H groups in total. The highest BCUT2D eigenvalue weighted by molar-refractivity contribution is 4.98. The van der Waals surface area contributed by atoms with E-state index in [1.165, 1.54) is 64.2 Å². The Bertz CT molecular complexity index is 248. The van der Waals surface area contributed by atoms with E-state index in [1.807, 2.05) is 0 Å². The molecule has 1 saturated heterocycles. The first-order valence-electron chi connectivity index (χ1n) is 9.16. The van der Waals surface area contributed by atoms with Crippen LogP contribution in [0, 0.1) is 11.3 Å². The van der Waals surface area contributed by atoms with Crippen LogP contribution in [0.15, 0.2) is 0 Å². The predicted octanol–water partition coefficient (Wildman–Crippen LogP) is 6.36. The van der Waals surface area contributed by atoms with Crippen molar-refractivity contribution in [2.45, 2.75) is 104 Å². The maximum Gasteiger partial charge on any atom is 0.0715 e. The molecule has 1 nitrogen and oxygen atoms in total. The molecule has 0 aliphatic carbocycles. The molecular formula is C19H38O. The van der Waals surface area contributed by atoms with Crippen molar-refractivity contribution in [1.82, 2.24) is 0 Å². The quantitative estimate of drug-likeness (QED) is 0.478. The van der Waals surface area contributed by atoms with E-state index < -0.39 is 0 Å². The number of unbranched alkanes of at least 4 members (excludes halogenated alkanes) is 3. The first-order valence-corrected chi connectivity index (χ1v) is 9.16. The van der Waals surface area contributed by atoms with Gasteiger partial charge in [0.25, 0.3) is 0 Å². The molecule has 0 radical (unpaired) electrons. The maximum atomic E-state index is 6.52. The van der Waals surface area contributed by atoms with E-state index in [0.717, 1.165) is 12.5 Å². The zero-order valence-corrected chi connectivity index (χ0v) is 14.8. The van der Waals surface area contributed by atoms with Gasteiger partial charge in [0.15, 0.2) is 0 Å². The van der Waals surface area contributed by atoms with Gasteiger partial charge in [-0.15, -0.1) is 0 Å². The minimum atomic E-state index is 0.183. The van der Waals surface area contributed by atoms with Crippen molar-refractivity contribution in [1.29, 1.82) is 0 Å². The molecule has 1 aliphatic heterocycles. The van der Waals surface area contributed by atoms with Crippen LogP contribution in [0.2, 0.25) is 0 Å².